The van der Waals surface area contributed by atoms with Crippen LogP contribution in [0.3, 0.4) is 0 Å². The van der Waals surface area contributed by atoms with E-state index in [1.54, 1.807) is 0 Å². The first kappa shape index (κ1) is 15.6. The summed E-state index contributed by atoms with van der Waals surface area (Å²) in [4.78, 5) is 13.9. The van der Waals surface area contributed by atoms with Crippen LogP contribution in [0.2, 0.25) is 0 Å². The van der Waals surface area contributed by atoms with Gasteiger partial charge in [-0.05, 0) is 51.9 Å². The summed E-state index contributed by atoms with van der Waals surface area (Å²) in [5.41, 5.74) is 0.0686. The molecule has 1 aliphatic heterocycles. The molecule has 0 aromatic rings. The number of nitrogens with zero attached hydrogens (tertiary/aromatic N) is 1. The summed E-state index contributed by atoms with van der Waals surface area (Å²) < 4.78 is 5.43. The topological polar surface area (TPSA) is 41.6 Å². The van der Waals surface area contributed by atoms with Crippen molar-refractivity contribution in [2.75, 3.05) is 13.1 Å². The van der Waals surface area contributed by atoms with E-state index in [0.29, 0.717) is 17.5 Å². The van der Waals surface area contributed by atoms with Gasteiger partial charge in [0.1, 0.15) is 5.60 Å². The second-order valence-electron chi connectivity index (χ2n) is 8.18. The maximum absolute atomic E-state index is 12.0. The average Bonchev–Trinajstić information content (AvgIpc) is 2.83. The van der Waals surface area contributed by atoms with Crippen molar-refractivity contribution < 1.29 is 9.53 Å². The van der Waals surface area contributed by atoms with Crippen molar-refractivity contribution in [2.45, 2.75) is 78.0 Å². The number of carbonyl (C=O) groups excluding carboxylic acids is 1. The fourth-order valence-corrected chi connectivity index (χ4v) is 3.30. The molecule has 2 fully saturated rings. The lowest BCUT2D eigenvalue weighted by Crippen LogP contribution is -2.41. The Morgan fingerprint density at radius 3 is 2.50 bits per heavy atom. The van der Waals surface area contributed by atoms with Crippen molar-refractivity contribution in [3.63, 3.8) is 0 Å². The van der Waals surface area contributed by atoms with E-state index in [-0.39, 0.29) is 6.09 Å². The molecule has 4 nitrogen and oxygen atoms in total. The Labute approximate surface area is 123 Å². The molecular weight excluding hydrogens is 252 g/mol. The Bertz CT molecular complexity index is 360. The van der Waals surface area contributed by atoms with Crippen LogP contribution < -0.4 is 5.32 Å². The zero-order valence-corrected chi connectivity index (χ0v) is 13.7. The first-order valence-corrected chi connectivity index (χ1v) is 7.89. The monoisotopic (exact) mass is 282 g/mol. The van der Waals surface area contributed by atoms with Gasteiger partial charge in [-0.25, -0.2) is 4.79 Å². The molecule has 116 valence electrons. The number of rotatable bonds is 2. The fraction of sp³-hybridized carbons (Fsp3) is 0.938. The molecule has 0 bridgehead atoms. The molecule has 1 N–H and O–H groups in total. The minimum absolute atomic E-state index is 0.173. The van der Waals surface area contributed by atoms with Crippen LogP contribution in [0.1, 0.15) is 60.3 Å². The number of carbonyl (C=O) groups is 1. The maximum Gasteiger partial charge on any atom is 0.410 e. The van der Waals surface area contributed by atoms with E-state index in [9.17, 15) is 4.79 Å². The summed E-state index contributed by atoms with van der Waals surface area (Å²) >= 11 is 0. The Balaban J connectivity index is 1.77. The van der Waals surface area contributed by atoms with Gasteiger partial charge in [-0.15, -0.1) is 0 Å². The Kier molecular flexibility index (Phi) is 4.33. The molecule has 2 rings (SSSR count). The van der Waals surface area contributed by atoms with Crippen LogP contribution in [0.5, 0.6) is 0 Å². The summed E-state index contributed by atoms with van der Waals surface area (Å²) in [6, 6.07) is 1.05. The molecule has 0 aromatic carbocycles. The fourth-order valence-electron chi connectivity index (χ4n) is 3.30. The molecule has 1 amide bonds. The van der Waals surface area contributed by atoms with Gasteiger partial charge < -0.3 is 15.0 Å². The largest absolute Gasteiger partial charge is 0.444 e. The molecule has 20 heavy (non-hydrogen) atoms. The third-order valence-electron chi connectivity index (χ3n) is 4.28. The highest BCUT2D eigenvalue weighted by Gasteiger charge is 2.35. The predicted octanol–water partition coefficient (Wildman–Crippen LogP) is 3.16. The second kappa shape index (κ2) is 5.55. The lowest BCUT2D eigenvalue weighted by atomic mass is 9.92. The summed E-state index contributed by atoms with van der Waals surface area (Å²) in [6.45, 7) is 12.0. The Morgan fingerprint density at radius 2 is 1.95 bits per heavy atom. The van der Waals surface area contributed by atoms with Gasteiger partial charge in [-0.2, -0.15) is 0 Å². The average molecular weight is 282 g/mol. The highest BCUT2D eigenvalue weighted by Crippen LogP contribution is 2.37. The van der Waals surface area contributed by atoms with Gasteiger partial charge in [-0.1, -0.05) is 13.8 Å². The van der Waals surface area contributed by atoms with Crippen molar-refractivity contribution in [3.05, 3.63) is 0 Å². The van der Waals surface area contributed by atoms with E-state index in [0.717, 1.165) is 19.5 Å². The highest BCUT2D eigenvalue weighted by atomic mass is 16.6. The first-order chi connectivity index (χ1) is 9.15. The van der Waals surface area contributed by atoms with Crippen molar-refractivity contribution in [2.24, 2.45) is 5.41 Å². The molecule has 4 heteroatoms. The van der Waals surface area contributed by atoms with Gasteiger partial charge in [0.15, 0.2) is 0 Å². The SMILES string of the molecule is CC1(C)CCC(NC2CCN(C(=O)OC(C)(C)C)C2)C1. The molecular formula is C16H30N2O2. The van der Waals surface area contributed by atoms with Crippen LogP contribution in [0, 0.1) is 5.41 Å². The Hall–Kier alpha value is -0.770. The van der Waals surface area contributed by atoms with E-state index >= 15 is 0 Å². The van der Waals surface area contributed by atoms with Crippen LogP contribution in [-0.2, 0) is 4.74 Å². The minimum atomic E-state index is -0.405. The van der Waals surface area contributed by atoms with Crippen LogP contribution in [-0.4, -0.2) is 41.8 Å². The molecule has 2 atom stereocenters. The third kappa shape index (κ3) is 4.37. The molecule has 1 aliphatic carbocycles. The number of hydrogen-bond donors (Lipinski definition) is 1. The lowest BCUT2D eigenvalue weighted by molar-refractivity contribution is 0.0290. The van der Waals surface area contributed by atoms with E-state index in [1.807, 2.05) is 25.7 Å². The van der Waals surface area contributed by atoms with Gasteiger partial charge in [0.05, 0.1) is 0 Å². The molecule has 0 aromatic heterocycles. The summed E-state index contributed by atoms with van der Waals surface area (Å²) in [7, 11) is 0. The minimum Gasteiger partial charge on any atom is -0.444 e. The summed E-state index contributed by atoms with van der Waals surface area (Å²) in [6.07, 6.45) is 4.67. The van der Waals surface area contributed by atoms with E-state index < -0.39 is 5.60 Å². The van der Waals surface area contributed by atoms with Gasteiger partial charge in [0.25, 0.3) is 0 Å². The van der Waals surface area contributed by atoms with Crippen molar-refractivity contribution in [1.29, 1.82) is 0 Å². The van der Waals surface area contributed by atoms with Crippen molar-refractivity contribution in [3.8, 4) is 0 Å². The number of hydrogen-bond acceptors (Lipinski definition) is 3. The van der Waals surface area contributed by atoms with Gasteiger partial charge in [-0.3, -0.25) is 0 Å². The Morgan fingerprint density at radius 1 is 1.25 bits per heavy atom. The van der Waals surface area contributed by atoms with Crippen LogP contribution in [0.25, 0.3) is 0 Å². The zero-order valence-electron chi connectivity index (χ0n) is 13.7. The van der Waals surface area contributed by atoms with Crippen molar-refractivity contribution in [1.82, 2.24) is 10.2 Å². The number of likely N-dealkylation sites (tertiary alicyclic amines) is 1. The number of amides is 1. The quantitative estimate of drug-likeness (QED) is 0.846. The molecule has 1 saturated carbocycles. The smallest absolute Gasteiger partial charge is 0.410 e. The second-order valence-corrected chi connectivity index (χ2v) is 8.18. The van der Waals surface area contributed by atoms with Crippen LogP contribution >= 0.6 is 0 Å². The maximum atomic E-state index is 12.0. The molecule has 1 saturated heterocycles. The van der Waals surface area contributed by atoms with Gasteiger partial charge >= 0.3 is 6.09 Å². The molecule has 0 spiro atoms. The third-order valence-corrected chi connectivity index (χ3v) is 4.28. The van der Waals surface area contributed by atoms with E-state index in [1.165, 1.54) is 19.3 Å². The standard InChI is InChI=1S/C16H30N2O2/c1-15(2,3)20-14(19)18-9-7-13(11-18)17-12-6-8-16(4,5)10-12/h12-13,17H,6-11H2,1-5H3. The van der Waals surface area contributed by atoms with Crippen LogP contribution in [0.15, 0.2) is 0 Å². The van der Waals surface area contributed by atoms with E-state index in [4.69, 9.17) is 4.74 Å². The first-order valence-electron chi connectivity index (χ1n) is 7.89. The molecule has 2 unspecified atom stereocenters. The van der Waals surface area contributed by atoms with Gasteiger partial charge in [0.2, 0.25) is 0 Å². The number of ether oxygens (including phenoxy) is 1. The molecule has 2 aliphatic rings. The summed E-state index contributed by atoms with van der Waals surface area (Å²) in [5, 5.41) is 3.73. The number of nitrogens with one attached hydrogen (secondary N) is 1. The molecule has 0 radical (unpaired) electrons. The van der Waals surface area contributed by atoms with Crippen molar-refractivity contribution >= 4 is 6.09 Å². The summed E-state index contributed by atoms with van der Waals surface area (Å²) in [5.74, 6) is 0. The molecule has 1 heterocycles. The van der Waals surface area contributed by atoms with Gasteiger partial charge in [0, 0.05) is 25.2 Å². The van der Waals surface area contributed by atoms with E-state index in [2.05, 4.69) is 19.2 Å². The highest BCUT2D eigenvalue weighted by molar-refractivity contribution is 5.68. The lowest BCUT2D eigenvalue weighted by Gasteiger charge is -2.25. The normalized spacial score (nSPS) is 29.8. The zero-order chi connectivity index (χ0) is 15.0. The van der Waals surface area contributed by atoms with Crippen LogP contribution in [0.4, 0.5) is 4.79 Å². The predicted molar refractivity (Wildman–Crippen MR) is 80.8 cm³/mol.